The summed E-state index contributed by atoms with van der Waals surface area (Å²) >= 11 is 1.37. The van der Waals surface area contributed by atoms with Crippen LogP contribution in [-0.4, -0.2) is 22.8 Å². The lowest BCUT2D eigenvalue weighted by atomic mass is 10.2. The van der Waals surface area contributed by atoms with Gasteiger partial charge in [-0.25, -0.2) is 0 Å². The molecular formula is C14H13N3O2S. The van der Waals surface area contributed by atoms with Crippen molar-refractivity contribution in [2.75, 3.05) is 12.8 Å². The monoisotopic (exact) mass is 287 g/mol. The Labute approximate surface area is 119 Å². The zero-order valence-electron chi connectivity index (χ0n) is 10.9. The molecule has 0 aliphatic rings. The molecule has 0 saturated heterocycles. The lowest BCUT2D eigenvalue weighted by Crippen LogP contribution is -2.25. The Morgan fingerprint density at radius 3 is 3.05 bits per heavy atom. The van der Waals surface area contributed by atoms with E-state index in [-0.39, 0.29) is 5.91 Å². The van der Waals surface area contributed by atoms with Gasteiger partial charge in [-0.05, 0) is 12.1 Å². The summed E-state index contributed by atoms with van der Waals surface area (Å²) in [6, 6.07) is 3.66. The summed E-state index contributed by atoms with van der Waals surface area (Å²) in [5.41, 5.74) is 7.54. The van der Waals surface area contributed by atoms with Crippen LogP contribution in [0.1, 0.15) is 15.2 Å². The molecule has 0 saturated carbocycles. The largest absolute Gasteiger partial charge is 0.472 e. The Bertz CT molecular complexity index is 749. The maximum Gasteiger partial charge on any atom is 0.266 e. The minimum absolute atomic E-state index is 0.0927. The zero-order valence-corrected chi connectivity index (χ0v) is 11.7. The van der Waals surface area contributed by atoms with Gasteiger partial charge in [0.25, 0.3) is 5.91 Å². The number of furan rings is 1. The Kier molecular flexibility index (Phi) is 3.15. The maximum atomic E-state index is 12.5. The van der Waals surface area contributed by atoms with Crippen LogP contribution in [0.25, 0.3) is 10.1 Å². The first-order valence-electron chi connectivity index (χ1n) is 6.05. The number of hydrogen-bond donors (Lipinski definition) is 1. The molecule has 0 atom stereocenters. The predicted molar refractivity (Wildman–Crippen MR) is 78.5 cm³/mol. The summed E-state index contributed by atoms with van der Waals surface area (Å²) in [5.74, 6) is -0.0927. The lowest BCUT2D eigenvalue weighted by molar-refractivity contribution is 0.0790. The van der Waals surface area contributed by atoms with Crippen LogP contribution in [0, 0.1) is 0 Å². The molecule has 0 aliphatic heterocycles. The Balaban J connectivity index is 1.90. The summed E-state index contributed by atoms with van der Waals surface area (Å²) < 4.78 is 5.93. The number of thiophene rings is 1. The minimum Gasteiger partial charge on any atom is -0.472 e. The van der Waals surface area contributed by atoms with Crippen LogP contribution in [0.3, 0.4) is 0 Å². The third-order valence-electron chi connectivity index (χ3n) is 3.07. The van der Waals surface area contributed by atoms with Gasteiger partial charge in [0.05, 0.1) is 22.9 Å². The second-order valence-electron chi connectivity index (χ2n) is 4.51. The first kappa shape index (κ1) is 12.7. The van der Waals surface area contributed by atoms with E-state index in [1.165, 1.54) is 11.3 Å². The number of fused-ring (bicyclic) bond motifs is 1. The van der Waals surface area contributed by atoms with Gasteiger partial charge in [-0.15, -0.1) is 11.3 Å². The number of pyridine rings is 1. The molecule has 3 rings (SSSR count). The van der Waals surface area contributed by atoms with Gasteiger partial charge in [0.1, 0.15) is 4.88 Å². The van der Waals surface area contributed by atoms with E-state index >= 15 is 0 Å². The topological polar surface area (TPSA) is 72.4 Å². The standard InChI is InChI=1S/C14H13N3O2S/c1-17(7-9-3-5-19-8-9)14(18)13-12(15)10-2-4-16-6-11(10)20-13/h2-6,8H,7,15H2,1H3. The number of nitrogens with two attached hydrogens (primary N) is 1. The molecule has 0 aromatic carbocycles. The SMILES string of the molecule is CN(Cc1ccoc1)C(=O)c1sc2cnccc2c1N. The molecule has 20 heavy (non-hydrogen) atoms. The number of carbonyl (C=O) groups is 1. The Morgan fingerprint density at radius 1 is 1.50 bits per heavy atom. The van der Waals surface area contributed by atoms with Crippen LogP contribution in [0.2, 0.25) is 0 Å². The molecule has 2 N–H and O–H groups in total. The molecule has 5 nitrogen and oxygen atoms in total. The van der Waals surface area contributed by atoms with Crippen LogP contribution >= 0.6 is 11.3 Å². The van der Waals surface area contributed by atoms with Gasteiger partial charge in [0.15, 0.2) is 0 Å². The summed E-state index contributed by atoms with van der Waals surface area (Å²) in [6.45, 7) is 0.487. The van der Waals surface area contributed by atoms with Crippen molar-refractivity contribution in [3.63, 3.8) is 0 Å². The molecule has 0 fully saturated rings. The number of amides is 1. The summed E-state index contributed by atoms with van der Waals surface area (Å²) in [7, 11) is 1.75. The Morgan fingerprint density at radius 2 is 2.35 bits per heavy atom. The quantitative estimate of drug-likeness (QED) is 0.804. The molecule has 1 amide bonds. The van der Waals surface area contributed by atoms with Crippen molar-refractivity contribution < 1.29 is 9.21 Å². The van der Waals surface area contributed by atoms with Crippen molar-refractivity contribution >= 4 is 33.0 Å². The number of nitrogens with zero attached hydrogens (tertiary/aromatic N) is 2. The number of nitrogen functional groups attached to an aromatic ring is 1. The highest BCUT2D eigenvalue weighted by Gasteiger charge is 2.20. The van der Waals surface area contributed by atoms with E-state index in [4.69, 9.17) is 10.2 Å². The van der Waals surface area contributed by atoms with Crippen molar-refractivity contribution in [3.05, 3.63) is 47.5 Å². The fourth-order valence-electron chi connectivity index (χ4n) is 2.03. The van der Waals surface area contributed by atoms with Crippen LogP contribution < -0.4 is 5.73 Å². The second kappa shape index (κ2) is 4.97. The summed E-state index contributed by atoms with van der Waals surface area (Å²) in [4.78, 5) is 18.7. The van der Waals surface area contributed by atoms with E-state index in [2.05, 4.69) is 4.98 Å². The molecule has 3 aromatic heterocycles. The first-order chi connectivity index (χ1) is 9.66. The van der Waals surface area contributed by atoms with Crippen LogP contribution in [0.5, 0.6) is 0 Å². The number of aromatic nitrogens is 1. The van der Waals surface area contributed by atoms with Crippen molar-refractivity contribution in [2.24, 2.45) is 0 Å². The van der Waals surface area contributed by atoms with Crippen LogP contribution in [-0.2, 0) is 6.54 Å². The number of rotatable bonds is 3. The van der Waals surface area contributed by atoms with Gasteiger partial charge in [-0.2, -0.15) is 0 Å². The van der Waals surface area contributed by atoms with Gasteiger partial charge >= 0.3 is 0 Å². The normalized spacial score (nSPS) is 10.8. The fraction of sp³-hybridized carbons (Fsp3) is 0.143. The molecule has 3 heterocycles. The lowest BCUT2D eigenvalue weighted by Gasteiger charge is -2.15. The van der Waals surface area contributed by atoms with Gasteiger partial charge in [0, 0.05) is 36.9 Å². The van der Waals surface area contributed by atoms with Gasteiger partial charge in [-0.1, -0.05) is 0 Å². The summed E-state index contributed by atoms with van der Waals surface area (Å²) in [6.07, 6.45) is 6.62. The molecule has 6 heteroatoms. The van der Waals surface area contributed by atoms with Crippen molar-refractivity contribution in [1.82, 2.24) is 9.88 Å². The number of anilines is 1. The highest BCUT2D eigenvalue weighted by molar-refractivity contribution is 7.21. The predicted octanol–water partition coefficient (Wildman–Crippen LogP) is 2.74. The van der Waals surface area contributed by atoms with Crippen LogP contribution in [0.15, 0.2) is 41.5 Å². The third-order valence-corrected chi connectivity index (χ3v) is 4.22. The number of hydrogen-bond acceptors (Lipinski definition) is 5. The second-order valence-corrected chi connectivity index (χ2v) is 5.56. The third kappa shape index (κ3) is 2.14. The zero-order chi connectivity index (χ0) is 14.1. The molecular weight excluding hydrogens is 274 g/mol. The minimum atomic E-state index is -0.0927. The molecule has 0 unspecified atom stereocenters. The molecule has 0 radical (unpaired) electrons. The van der Waals surface area contributed by atoms with E-state index in [1.54, 1.807) is 36.9 Å². The first-order valence-corrected chi connectivity index (χ1v) is 6.87. The van der Waals surface area contributed by atoms with Gasteiger partial charge in [-0.3, -0.25) is 9.78 Å². The molecule has 0 bridgehead atoms. The van der Waals surface area contributed by atoms with E-state index in [9.17, 15) is 4.79 Å². The van der Waals surface area contributed by atoms with Gasteiger partial charge < -0.3 is 15.1 Å². The molecule has 0 aliphatic carbocycles. The molecule has 102 valence electrons. The number of carbonyl (C=O) groups excluding carboxylic acids is 1. The molecule has 0 spiro atoms. The average Bonchev–Trinajstić information content (AvgIpc) is 3.07. The Hall–Kier alpha value is -2.34. The van der Waals surface area contributed by atoms with E-state index in [0.29, 0.717) is 17.1 Å². The summed E-state index contributed by atoms with van der Waals surface area (Å²) in [5, 5.41) is 0.880. The highest BCUT2D eigenvalue weighted by Crippen LogP contribution is 2.33. The van der Waals surface area contributed by atoms with Crippen molar-refractivity contribution in [1.29, 1.82) is 0 Å². The van der Waals surface area contributed by atoms with E-state index in [1.807, 2.05) is 12.1 Å². The smallest absolute Gasteiger partial charge is 0.266 e. The van der Waals surface area contributed by atoms with E-state index in [0.717, 1.165) is 15.6 Å². The fourth-order valence-corrected chi connectivity index (χ4v) is 3.12. The highest BCUT2D eigenvalue weighted by atomic mass is 32.1. The van der Waals surface area contributed by atoms with Gasteiger partial charge in [0.2, 0.25) is 0 Å². The maximum absolute atomic E-state index is 12.5. The van der Waals surface area contributed by atoms with Crippen molar-refractivity contribution in [2.45, 2.75) is 6.54 Å². The molecule has 3 aromatic rings. The van der Waals surface area contributed by atoms with Crippen LogP contribution in [0.4, 0.5) is 5.69 Å². The van der Waals surface area contributed by atoms with Crippen molar-refractivity contribution in [3.8, 4) is 0 Å². The average molecular weight is 287 g/mol. The van der Waals surface area contributed by atoms with E-state index < -0.39 is 0 Å².